The molecule has 3 fully saturated rings. The lowest BCUT2D eigenvalue weighted by Gasteiger charge is -2.52. The van der Waals surface area contributed by atoms with Crippen molar-refractivity contribution in [2.24, 2.45) is 5.92 Å². The maximum absolute atomic E-state index is 13.7. The van der Waals surface area contributed by atoms with E-state index in [1.54, 1.807) is 24.3 Å². The fourth-order valence-electron chi connectivity index (χ4n) is 6.00. The quantitative estimate of drug-likeness (QED) is 0.428. The molecule has 7 rings (SSSR count). The molecule has 0 aliphatic carbocycles. The van der Waals surface area contributed by atoms with Gasteiger partial charge in [-0.05, 0) is 23.8 Å². The largest absolute Gasteiger partial charge is 0.457 e. The minimum Gasteiger partial charge on any atom is -0.457 e. The van der Waals surface area contributed by atoms with E-state index in [2.05, 4.69) is 24.3 Å². The summed E-state index contributed by atoms with van der Waals surface area (Å²) in [5.74, 6) is 0.687. The van der Waals surface area contributed by atoms with E-state index in [0.717, 1.165) is 43.5 Å². The SMILES string of the molecule is O=C(O[C@H]1C[N+]2(CC=Cc3ccccc3)CCC1CC2)C1(O)c2ccccc2Oc2ccccc21. The molecule has 35 heavy (non-hydrogen) atoms. The summed E-state index contributed by atoms with van der Waals surface area (Å²) < 4.78 is 13.1. The summed E-state index contributed by atoms with van der Waals surface area (Å²) in [5, 5.41) is 11.9. The van der Waals surface area contributed by atoms with Crippen LogP contribution in [0.25, 0.3) is 6.08 Å². The third-order valence-corrected chi connectivity index (χ3v) is 7.97. The Balaban J connectivity index is 1.24. The van der Waals surface area contributed by atoms with Crippen LogP contribution in [0.2, 0.25) is 0 Å². The summed E-state index contributed by atoms with van der Waals surface area (Å²) in [5.41, 5.74) is 0.161. The molecule has 3 aromatic rings. The molecule has 0 saturated carbocycles. The third-order valence-electron chi connectivity index (χ3n) is 7.97. The summed E-state index contributed by atoms with van der Waals surface area (Å²) in [4.78, 5) is 13.7. The van der Waals surface area contributed by atoms with Crippen molar-refractivity contribution in [3.8, 4) is 11.5 Å². The molecule has 3 aromatic carbocycles. The molecule has 5 nitrogen and oxygen atoms in total. The van der Waals surface area contributed by atoms with Gasteiger partial charge in [-0.1, -0.05) is 72.8 Å². The van der Waals surface area contributed by atoms with Gasteiger partial charge in [0.05, 0.1) is 19.6 Å². The number of hydrogen-bond donors (Lipinski definition) is 1. The van der Waals surface area contributed by atoms with Crippen LogP contribution >= 0.6 is 0 Å². The number of hydrogen-bond acceptors (Lipinski definition) is 4. The Hall–Kier alpha value is -3.41. The van der Waals surface area contributed by atoms with E-state index in [-0.39, 0.29) is 6.10 Å². The maximum Gasteiger partial charge on any atom is 0.348 e. The number of quaternary nitrogens is 1. The van der Waals surface area contributed by atoms with Gasteiger partial charge in [0.15, 0.2) is 6.10 Å². The average Bonchev–Trinajstić information content (AvgIpc) is 2.90. The topological polar surface area (TPSA) is 55.8 Å². The number of carbonyl (C=O) groups is 1. The molecule has 1 atom stereocenters. The molecule has 0 amide bonds. The van der Waals surface area contributed by atoms with Gasteiger partial charge in [0.25, 0.3) is 0 Å². The van der Waals surface area contributed by atoms with E-state index >= 15 is 0 Å². The van der Waals surface area contributed by atoms with Crippen molar-refractivity contribution in [3.05, 3.63) is 102 Å². The van der Waals surface area contributed by atoms with Gasteiger partial charge < -0.3 is 19.1 Å². The normalized spacial score (nSPS) is 26.0. The highest BCUT2D eigenvalue weighted by Gasteiger charge is 2.52. The van der Waals surface area contributed by atoms with Crippen molar-refractivity contribution >= 4 is 12.0 Å². The lowest BCUT2D eigenvalue weighted by Crippen LogP contribution is -2.64. The predicted octanol–water partition coefficient (Wildman–Crippen LogP) is 4.89. The molecule has 178 valence electrons. The van der Waals surface area contributed by atoms with Crippen LogP contribution in [0, 0.1) is 5.92 Å². The number of rotatable bonds is 5. The van der Waals surface area contributed by atoms with Crippen LogP contribution in [-0.4, -0.2) is 47.8 Å². The smallest absolute Gasteiger partial charge is 0.348 e. The third kappa shape index (κ3) is 3.85. The Morgan fingerprint density at radius 1 is 0.943 bits per heavy atom. The van der Waals surface area contributed by atoms with Crippen LogP contribution < -0.4 is 4.74 Å². The molecule has 5 heteroatoms. The van der Waals surface area contributed by atoms with Crippen molar-refractivity contribution in [2.75, 3.05) is 26.2 Å². The van der Waals surface area contributed by atoms with Crippen LogP contribution in [0.15, 0.2) is 84.9 Å². The van der Waals surface area contributed by atoms with E-state index in [1.807, 2.05) is 42.5 Å². The number of piperidine rings is 3. The fraction of sp³-hybridized carbons (Fsp3) is 0.300. The number of benzene rings is 3. The molecule has 0 unspecified atom stereocenters. The summed E-state index contributed by atoms with van der Waals surface area (Å²) in [6.07, 6.45) is 6.28. The van der Waals surface area contributed by atoms with Crippen LogP contribution in [0.1, 0.15) is 29.5 Å². The van der Waals surface area contributed by atoms with Gasteiger partial charge in [-0.3, -0.25) is 0 Å². The lowest BCUT2D eigenvalue weighted by molar-refractivity contribution is -0.941. The Kier molecular flexibility index (Phi) is 5.47. The summed E-state index contributed by atoms with van der Waals surface area (Å²) in [7, 11) is 0. The van der Waals surface area contributed by atoms with Crippen LogP contribution in [0.5, 0.6) is 11.5 Å². The second-order valence-corrected chi connectivity index (χ2v) is 10.1. The molecule has 2 bridgehead atoms. The number of ether oxygens (including phenoxy) is 2. The van der Waals surface area contributed by atoms with Gasteiger partial charge in [-0.15, -0.1) is 0 Å². The van der Waals surface area contributed by atoms with Gasteiger partial charge >= 0.3 is 5.97 Å². The van der Waals surface area contributed by atoms with E-state index in [0.29, 0.717) is 28.5 Å². The Morgan fingerprint density at radius 3 is 2.20 bits per heavy atom. The first-order valence-electron chi connectivity index (χ1n) is 12.4. The number of carbonyl (C=O) groups excluding carboxylic acids is 1. The first kappa shape index (κ1) is 22.1. The first-order chi connectivity index (χ1) is 17.1. The van der Waals surface area contributed by atoms with Gasteiger partial charge in [0, 0.05) is 29.9 Å². The van der Waals surface area contributed by atoms with E-state index in [9.17, 15) is 9.90 Å². The summed E-state index contributed by atoms with van der Waals surface area (Å²) >= 11 is 0. The molecular weight excluding hydrogens is 438 g/mol. The highest BCUT2D eigenvalue weighted by molar-refractivity contribution is 5.88. The van der Waals surface area contributed by atoms with Gasteiger partial charge in [-0.2, -0.15) is 0 Å². The molecule has 4 aliphatic heterocycles. The number of aliphatic hydroxyl groups is 1. The zero-order chi connectivity index (χ0) is 23.9. The average molecular weight is 469 g/mol. The Labute approximate surface area is 205 Å². The van der Waals surface area contributed by atoms with Crippen molar-refractivity contribution in [2.45, 2.75) is 24.5 Å². The first-order valence-corrected chi connectivity index (χ1v) is 12.4. The minimum atomic E-state index is -1.89. The molecule has 0 aromatic heterocycles. The highest BCUT2D eigenvalue weighted by Crippen LogP contribution is 2.48. The molecule has 4 heterocycles. The number of fused-ring (bicyclic) bond motifs is 5. The number of para-hydroxylation sites is 2. The van der Waals surface area contributed by atoms with Gasteiger partial charge in [0.1, 0.15) is 18.0 Å². The highest BCUT2D eigenvalue weighted by atomic mass is 16.6. The minimum absolute atomic E-state index is 0.207. The standard InChI is InChI=1S/C30H30NO4/c32-29(30(33)24-12-4-6-14-26(24)34-27-15-7-5-13-25(27)30)35-28-21-31(19-16-23(28)17-20-31)18-8-11-22-9-2-1-3-10-22/h1-15,23,28,33H,16-21H2/q+1/t23?,28-,31?/m0/s1. The summed E-state index contributed by atoms with van der Waals surface area (Å²) in [6.45, 7) is 3.90. The predicted molar refractivity (Wildman–Crippen MR) is 134 cm³/mol. The molecule has 3 saturated heterocycles. The Morgan fingerprint density at radius 2 is 1.54 bits per heavy atom. The van der Waals surface area contributed by atoms with Crippen molar-refractivity contribution < 1.29 is 23.9 Å². The lowest BCUT2D eigenvalue weighted by atomic mass is 9.81. The zero-order valence-electron chi connectivity index (χ0n) is 19.7. The molecule has 4 aliphatic rings. The van der Waals surface area contributed by atoms with Crippen LogP contribution in [0.4, 0.5) is 0 Å². The van der Waals surface area contributed by atoms with Crippen molar-refractivity contribution in [1.82, 2.24) is 0 Å². The fourth-order valence-corrected chi connectivity index (χ4v) is 6.00. The van der Waals surface area contributed by atoms with Crippen LogP contribution in [-0.2, 0) is 15.1 Å². The van der Waals surface area contributed by atoms with Gasteiger partial charge in [0.2, 0.25) is 5.60 Å². The van der Waals surface area contributed by atoms with Crippen molar-refractivity contribution in [3.63, 3.8) is 0 Å². The van der Waals surface area contributed by atoms with Gasteiger partial charge in [-0.25, -0.2) is 4.79 Å². The maximum atomic E-state index is 13.7. The molecule has 1 N–H and O–H groups in total. The Bertz CT molecular complexity index is 1210. The monoisotopic (exact) mass is 468 g/mol. The molecular formula is C30H30NO4+. The summed E-state index contributed by atoms with van der Waals surface area (Å²) in [6, 6.07) is 24.6. The van der Waals surface area contributed by atoms with E-state index in [1.165, 1.54) is 5.56 Å². The van der Waals surface area contributed by atoms with Crippen molar-refractivity contribution in [1.29, 1.82) is 0 Å². The second-order valence-electron chi connectivity index (χ2n) is 10.1. The number of esters is 1. The zero-order valence-corrected chi connectivity index (χ0v) is 19.7. The number of nitrogens with zero attached hydrogens (tertiary/aromatic N) is 1. The molecule has 0 spiro atoms. The van der Waals surface area contributed by atoms with Crippen LogP contribution in [0.3, 0.4) is 0 Å². The van der Waals surface area contributed by atoms with E-state index in [4.69, 9.17) is 9.47 Å². The second kappa shape index (κ2) is 8.67. The van der Waals surface area contributed by atoms with E-state index < -0.39 is 11.6 Å². The molecule has 0 radical (unpaired) electrons.